The van der Waals surface area contributed by atoms with Crippen LogP contribution in [0, 0.1) is 11.6 Å². The molecular weight excluding hydrogens is 234 g/mol. The highest BCUT2D eigenvalue weighted by Crippen LogP contribution is 2.31. The zero-order chi connectivity index (χ0) is 12.5. The van der Waals surface area contributed by atoms with Crippen LogP contribution in [0.3, 0.4) is 0 Å². The maximum absolute atomic E-state index is 13.9. The molecule has 0 bridgehead atoms. The molecule has 0 radical (unpaired) electrons. The lowest BCUT2D eigenvalue weighted by Crippen LogP contribution is -2.59. The second-order valence-electron chi connectivity index (χ2n) is 5.20. The van der Waals surface area contributed by atoms with Crippen molar-refractivity contribution in [3.05, 3.63) is 29.8 Å². The molecule has 18 heavy (non-hydrogen) atoms. The van der Waals surface area contributed by atoms with Gasteiger partial charge in [0, 0.05) is 31.2 Å². The highest BCUT2D eigenvalue weighted by molar-refractivity contribution is 5.50. The van der Waals surface area contributed by atoms with Gasteiger partial charge >= 0.3 is 0 Å². The number of fused-ring (bicyclic) bond motifs is 1. The zero-order valence-corrected chi connectivity index (χ0v) is 10.3. The molecule has 0 unspecified atom stereocenters. The van der Waals surface area contributed by atoms with E-state index in [4.69, 9.17) is 0 Å². The van der Waals surface area contributed by atoms with Gasteiger partial charge in [0.1, 0.15) is 11.6 Å². The summed E-state index contributed by atoms with van der Waals surface area (Å²) in [6.07, 6.45) is 4.61. The van der Waals surface area contributed by atoms with Crippen LogP contribution in [-0.2, 0) is 0 Å². The Balaban J connectivity index is 1.91. The summed E-state index contributed by atoms with van der Waals surface area (Å²) in [6.45, 7) is 1.60. The number of hydrogen-bond donors (Lipinski definition) is 1. The SMILES string of the molecule is Fc1ccc(F)c(N2CCN[C@H]3CCCC[C@H]32)c1. The van der Waals surface area contributed by atoms with Gasteiger partial charge in [0.2, 0.25) is 0 Å². The fraction of sp³-hybridized carbons (Fsp3) is 0.571. The van der Waals surface area contributed by atoms with Gasteiger partial charge in [0.15, 0.2) is 0 Å². The molecule has 1 aliphatic heterocycles. The largest absolute Gasteiger partial charge is 0.363 e. The lowest BCUT2D eigenvalue weighted by atomic mass is 9.87. The molecule has 0 aromatic heterocycles. The summed E-state index contributed by atoms with van der Waals surface area (Å²) >= 11 is 0. The third-order valence-electron chi connectivity index (χ3n) is 4.11. The molecule has 2 fully saturated rings. The molecule has 1 saturated heterocycles. The Labute approximate surface area is 106 Å². The predicted molar refractivity (Wildman–Crippen MR) is 67.8 cm³/mol. The van der Waals surface area contributed by atoms with Gasteiger partial charge in [-0.05, 0) is 25.0 Å². The highest BCUT2D eigenvalue weighted by atomic mass is 19.1. The van der Waals surface area contributed by atoms with Gasteiger partial charge in [0.05, 0.1) is 5.69 Å². The van der Waals surface area contributed by atoms with Crippen molar-refractivity contribution < 1.29 is 8.78 Å². The molecule has 2 nitrogen and oxygen atoms in total. The number of nitrogens with one attached hydrogen (secondary N) is 1. The number of piperazine rings is 1. The molecule has 1 N–H and O–H groups in total. The van der Waals surface area contributed by atoms with Crippen LogP contribution in [0.2, 0.25) is 0 Å². The average Bonchev–Trinajstić information content (AvgIpc) is 2.41. The molecule has 4 heteroatoms. The molecule has 0 spiro atoms. The maximum Gasteiger partial charge on any atom is 0.146 e. The second-order valence-corrected chi connectivity index (χ2v) is 5.20. The van der Waals surface area contributed by atoms with Crippen molar-refractivity contribution in [2.75, 3.05) is 18.0 Å². The minimum absolute atomic E-state index is 0.309. The highest BCUT2D eigenvalue weighted by Gasteiger charge is 2.34. The van der Waals surface area contributed by atoms with E-state index in [2.05, 4.69) is 10.2 Å². The quantitative estimate of drug-likeness (QED) is 0.826. The van der Waals surface area contributed by atoms with E-state index in [9.17, 15) is 8.78 Å². The van der Waals surface area contributed by atoms with Crippen molar-refractivity contribution in [2.45, 2.75) is 37.8 Å². The first kappa shape index (κ1) is 11.9. The van der Waals surface area contributed by atoms with E-state index in [1.807, 2.05) is 0 Å². The van der Waals surface area contributed by atoms with Gasteiger partial charge < -0.3 is 10.2 Å². The van der Waals surface area contributed by atoms with Crippen molar-refractivity contribution >= 4 is 5.69 Å². The fourth-order valence-electron chi connectivity index (χ4n) is 3.26. The van der Waals surface area contributed by atoms with Gasteiger partial charge in [-0.15, -0.1) is 0 Å². The lowest BCUT2D eigenvalue weighted by molar-refractivity contribution is 0.282. The number of anilines is 1. The van der Waals surface area contributed by atoms with Crippen molar-refractivity contribution in [3.8, 4) is 0 Å². The number of rotatable bonds is 1. The molecule has 1 saturated carbocycles. The molecule has 0 amide bonds. The Morgan fingerprint density at radius 3 is 2.89 bits per heavy atom. The topological polar surface area (TPSA) is 15.3 Å². The van der Waals surface area contributed by atoms with Crippen LogP contribution in [0.4, 0.5) is 14.5 Å². The predicted octanol–water partition coefficient (Wildman–Crippen LogP) is 2.69. The number of nitrogens with zero attached hydrogens (tertiary/aromatic N) is 1. The third-order valence-corrected chi connectivity index (χ3v) is 4.11. The van der Waals surface area contributed by atoms with Crippen LogP contribution in [-0.4, -0.2) is 25.2 Å². The first-order valence-corrected chi connectivity index (χ1v) is 6.71. The van der Waals surface area contributed by atoms with Crippen molar-refractivity contribution in [3.63, 3.8) is 0 Å². The Morgan fingerprint density at radius 1 is 1.17 bits per heavy atom. The number of benzene rings is 1. The first-order chi connectivity index (χ1) is 8.75. The second kappa shape index (κ2) is 4.84. The Morgan fingerprint density at radius 2 is 2.00 bits per heavy atom. The van der Waals surface area contributed by atoms with Gasteiger partial charge in [0.25, 0.3) is 0 Å². The zero-order valence-electron chi connectivity index (χ0n) is 10.3. The Hall–Kier alpha value is -1.16. The molecule has 98 valence electrons. The van der Waals surface area contributed by atoms with Gasteiger partial charge in [-0.1, -0.05) is 12.8 Å². The van der Waals surface area contributed by atoms with Gasteiger partial charge in [-0.3, -0.25) is 0 Å². The van der Waals surface area contributed by atoms with E-state index in [1.54, 1.807) is 0 Å². The molecule has 1 aromatic carbocycles. The molecule has 1 aliphatic carbocycles. The third kappa shape index (κ3) is 2.09. The summed E-state index contributed by atoms with van der Waals surface area (Å²) in [5.74, 6) is -0.681. The van der Waals surface area contributed by atoms with Crippen LogP contribution < -0.4 is 10.2 Å². The van der Waals surface area contributed by atoms with E-state index in [-0.39, 0.29) is 11.6 Å². The van der Waals surface area contributed by atoms with Crippen LogP contribution in [0.15, 0.2) is 18.2 Å². The molecule has 3 rings (SSSR count). The summed E-state index contributed by atoms with van der Waals surface area (Å²) in [6, 6.07) is 4.47. The smallest absolute Gasteiger partial charge is 0.146 e. The lowest BCUT2D eigenvalue weighted by Gasteiger charge is -2.46. The molecule has 1 aromatic rings. The van der Waals surface area contributed by atoms with Crippen LogP contribution in [0.25, 0.3) is 0 Å². The van der Waals surface area contributed by atoms with E-state index in [1.165, 1.54) is 31.0 Å². The minimum Gasteiger partial charge on any atom is -0.363 e. The summed E-state index contributed by atoms with van der Waals surface area (Å²) < 4.78 is 27.2. The van der Waals surface area contributed by atoms with Crippen LogP contribution in [0.1, 0.15) is 25.7 Å². The molecule has 1 heterocycles. The van der Waals surface area contributed by atoms with Crippen molar-refractivity contribution in [1.29, 1.82) is 0 Å². The van der Waals surface area contributed by atoms with Crippen molar-refractivity contribution in [2.24, 2.45) is 0 Å². The summed E-state index contributed by atoms with van der Waals surface area (Å²) in [4.78, 5) is 2.05. The number of halogens is 2. The molecule has 2 atom stereocenters. The van der Waals surface area contributed by atoms with Crippen LogP contribution >= 0.6 is 0 Å². The molecular formula is C14H18F2N2. The first-order valence-electron chi connectivity index (χ1n) is 6.71. The van der Waals surface area contributed by atoms with E-state index < -0.39 is 0 Å². The summed E-state index contributed by atoms with van der Waals surface area (Å²) in [5.41, 5.74) is 0.424. The minimum atomic E-state index is -0.364. The molecule has 2 aliphatic rings. The standard InChI is InChI=1S/C14H18F2N2/c15-10-5-6-11(16)14(9-10)18-8-7-17-12-3-1-2-4-13(12)18/h5-6,9,12-13,17H,1-4,7-8H2/t12-,13+/m0/s1. The Bertz CT molecular complexity index is 434. The maximum atomic E-state index is 13.9. The summed E-state index contributed by atoms with van der Waals surface area (Å²) in [7, 11) is 0. The van der Waals surface area contributed by atoms with Gasteiger partial charge in [-0.25, -0.2) is 8.78 Å². The average molecular weight is 252 g/mol. The van der Waals surface area contributed by atoms with Gasteiger partial charge in [-0.2, -0.15) is 0 Å². The van der Waals surface area contributed by atoms with E-state index in [0.29, 0.717) is 17.8 Å². The van der Waals surface area contributed by atoms with E-state index in [0.717, 1.165) is 25.9 Å². The fourth-order valence-corrected chi connectivity index (χ4v) is 3.26. The summed E-state index contributed by atoms with van der Waals surface area (Å²) in [5, 5.41) is 3.50. The Kier molecular flexibility index (Phi) is 3.20. The number of hydrogen-bond acceptors (Lipinski definition) is 2. The van der Waals surface area contributed by atoms with E-state index >= 15 is 0 Å². The normalized spacial score (nSPS) is 28.0. The monoisotopic (exact) mass is 252 g/mol. The van der Waals surface area contributed by atoms with Crippen LogP contribution in [0.5, 0.6) is 0 Å². The van der Waals surface area contributed by atoms with Crippen molar-refractivity contribution in [1.82, 2.24) is 5.32 Å².